The first-order chi connectivity index (χ1) is 7.74. The molecule has 3 unspecified atom stereocenters. The fraction of sp³-hybridized carbons (Fsp3) is 0.583. The topological polar surface area (TPSA) is 36.4 Å². The number of hydrogen-bond donors (Lipinski definition) is 1. The van der Waals surface area contributed by atoms with Crippen LogP contribution in [0.25, 0.3) is 0 Å². The Bertz CT molecular complexity index is 398. The number of aromatic nitrogens is 1. The van der Waals surface area contributed by atoms with E-state index in [-0.39, 0.29) is 6.10 Å². The van der Waals surface area contributed by atoms with E-state index in [1.807, 2.05) is 18.2 Å². The lowest BCUT2D eigenvalue weighted by molar-refractivity contribution is 0.133. The van der Waals surface area contributed by atoms with Crippen molar-refractivity contribution >= 4 is 21.7 Å². The summed E-state index contributed by atoms with van der Waals surface area (Å²) in [5, 5.41) is 9.86. The summed E-state index contributed by atoms with van der Waals surface area (Å²) in [7, 11) is 0. The summed E-state index contributed by atoms with van der Waals surface area (Å²) >= 11 is 3.40. The first-order valence-electron chi connectivity index (χ1n) is 5.79. The van der Waals surface area contributed by atoms with Crippen LogP contribution >= 0.6 is 15.9 Å². The molecule has 4 heteroatoms. The number of nitrogens with zero attached hydrogens (tertiary/aromatic N) is 2. The first-order valence-corrected chi connectivity index (χ1v) is 6.59. The molecule has 0 radical (unpaired) electrons. The highest BCUT2D eigenvalue weighted by atomic mass is 79.9. The minimum Gasteiger partial charge on any atom is -0.393 e. The Morgan fingerprint density at radius 1 is 1.31 bits per heavy atom. The average molecular weight is 283 g/mol. The molecule has 3 nitrogen and oxygen atoms in total. The van der Waals surface area contributed by atoms with E-state index >= 15 is 0 Å². The second-order valence-corrected chi connectivity index (χ2v) is 5.60. The second kappa shape index (κ2) is 4.00. The molecule has 0 aromatic carbocycles. The molecule has 2 aliphatic rings. The number of aliphatic hydroxyl groups is 1. The third-order valence-electron chi connectivity index (χ3n) is 3.84. The van der Waals surface area contributed by atoms with Crippen LogP contribution in [0.1, 0.15) is 12.8 Å². The van der Waals surface area contributed by atoms with Gasteiger partial charge in [-0.05, 0) is 46.8 Å². The molecule has 1 aromatic heterocycles. The van der Waals surface area contributed by atoms with Crippen molar-refractivity contribution in [3.63, 3.8) is 0 Å². The molecule has 2 fully saturated rings. The van der Waals surface area contributed by atoms with E-state index < -0.39 is 0 Å². The Hall–Kier alpha value is -0.610. The molecule has 1 aliphatic carbocycles. The monoisotopic (exact) mass is 282 g/mol. The zero-order valence-corrected chi connectivity index (χ0v) is 10.6. The SMILES string of the molecule is OC1CCC2CN(c3cccc(Br)n3)CC12. The third kappa shape index (κ3) is 1.74. The molecular formula is C12H15BrN2O. The van der Waals surface area contributed by atoms with E-state index in [1.54, 1.807) is 0 Å². The zero-order chi connectivity index (χ0) is 11.1. The fourth-order valence-corrected chi connectivity index (χ4v) is 3.33. The number of aliphatic hydroxyl groups excluding tert-OH is 1. The summed E-state index contributed by atoms with van der Waals surface area (Å²) in [6, 6.07) is 5.99. The molecule has 1 aliphatic heterocycles. The number of anilines is 1. The van der Waals surface area contributed by atoms with Gasteiger partial charge in [0.05, 0.1) is 6.10 Å². The van der Waals surface area contributed by atoms with Crippen LogP contribution < -0.4 is 4.90 Å². The molecule has 1 aromatic rings. The van der Waals surface area contributed by atoms with E-state index in [9.17, 15) is 5.11 Å². The van der Waals surface area contributed by atoms with Crippen LogP contribution in [0.3, 0.4) is 0 Å². The maximum absolute atomic E-state index is 9.86. The van der Waals surface area contributed by atoms with Crippen molar-refractivity contribution in [1.82, 2.24) is 4.98 Å². The number of pyridine rings is 1. The lowest BCUT2D eigenvalue weighted by atomic mass is 10.00. The molecule has 3 rings (SSSR count). The predicted octanol–water partition coefficient (Wildman–Crippen LogP) is 2.05. The average Bonchev–Trinajstić information content (AvgIpc) is 2.81. The number of halogens is 1. The maximum atomic E-state index is 9.86. The van der Waals surface area contributed by atoms with Crippen LogP contribution in [-0.4, -0.2) is 29.3 Å². The molecule has 16 heavy (non-hydrogen) atoms. The molecule has 0 spiro atoms. The van der Waals surface area contributed by atoms with Gasteiger partial charge in [-0.3, -0.25) is 0 Å². The second-order valence-electron chi connectivity index (χ2n) is 4.79. The van der Waals surface area contributed by atoms with E-state index in [2.05, 4.69) is 25.8 Å². The summed E-state index contributed by atoms with van der Waals surface area (Å²) in [6.45, 7) is 2.00. The molecule has 2 heterocycles. The Balaban J connectivity index is 1.79. The van der Waals surface area contributed by atoms with Crippen molar-refractivity contribution in [3.05, 3.63) is 22.8 Å². The van der Waals surface area contributed by atoms with E-state index in [0.717, 1.165) is 36.4 Å². The van der Waals surface area contributed by atoms with Gasteiger partial charge in [0.2, 0.25) is 0 Å². The van der Waals surface area contributed by atoms with Crippen LogP contribution in [0.2, 0.25) is 0 Å². The Morgan fingerprint density at radius 3 is 2.94 bits per heavy atom. The molecular weight excluding hydrogens is 268 g/mol. The standard InChI is InChI=1S/C12H15BrN2O/c13-11-2-1-3-12(14-11)15-6-8-4-5-10(16)9(8)7-15/h1-3,8-10,16H,4-7H2. The van der Waals surface area contributed by atoms with Gasteiger partial charge in [-0.1, -0.05) is 6.07 Å². The molecule has 1 saturated heterocycles. The van der Waals surface area contributed by atoms with Gasteiger partial charge < -0.3 is 10.0 Å². The zero-order valence-electron chi connectivity index (χ0n) is 9.01. The smallest absolute Gasteiger partial charge is 0.129 e. The minimum absolute atomic E-state index is 0.0952. The van der Waals surface area contributed by atoms with Gasteiger partial charge in [0.1, 0.15) is 10.4 Å². The highest BCUT2D eigenvalue weighted by Gasteiger charge is 2.42. The van der Waals surface area contributed by atoms with Gasteiger partial charge in [-0.15, -0.1) is 0 Å². The van der Waals surface area contributed by atoms with Crippen molar-refractivity contribution < 1.29 is 5.11 Å². The lowest BCUT2D eigenvalue weighted by Gasteiger charge is -2.19. The summed E-state index contributed by atoms with van der Waals surface area (Å²) in [4.78, 5) is 6.76. The lowest BCUT2D eigenvalue weighted by Crippen LogP contribution is -2.25. The molecule has 0 bridgehead atoms. The van der Waals surface area contributed by atoms with Gasteiger partial charge in [-0.25, -0.2) is 4.98 Å². The van der Waals surface area contributed by atoms with Gasteiger partial charge in [-0.2, -0.15) is 0 Å². The maximum Gasteiger partial charge on any atom is 0.129 e. The van der Waals surface area contributed by atoms with Crippen LogP contribution in [0, 0.1) is 11.8 Å². The van der Waals surface area contributed by atoms with Gasteiger partial charge >= 0.3 is 0 Å². The van der Waals surface area contributed by atoms with E-state index in [4.69, 9.17) is 0 Å². The largest absolute Gasteiger partial charge is 0.393 e. The molecule has 0 amide bonds. The molecule has 1 N–H and O–H groups in total. The van der Waals surface area contributed by atoms with Crippen molar-refractivity contribution in [2.75, 3.05) is 18.0 Å². The van der Waals surface area contributed by atoms with Crippen LogP contribution in [0.15, 0.2) is 22.8 Å². The molecule has 1 saturated carbocycles. The highest BCUT2D eigenvalue weighted by molar-refractivity contribution is 9.10. The Labute approximate surface area is 104 Å². The van der Waals surface area contributed by atoms with Crippen LogP contribution in [0.5, 0.6) is 0 Å². The molecule has 3 atom stereocenters. The van der Waals surface area contributed by atoms with Crippen LogP contribution in [-0.2, 0) is 0 Å². The van der Waals surface area contributed by atoms with Crippen LogP contribution in [0.4, 0.5) is 5.82 Å². The highest BCUT2D eigenvalue weighted by Crippen LogP contribution is 2.39. The first kappa shape index (κ1) is 10.5. The quantitative estimate of drug-likeness (QED) is 0.801. The van der Waals surface area contributed by atoms with Gasteiger partial charge in [0.15, 0.2) is 0 Å². The van der Waals surface area contributed by atoms with Crippen molar-refractivity contribution in [2.24, 2.45) is 11.8 Å². The Morgan fingerprint density at radius 2 is 2.19 bits per heavy atom. The summed E-state index contributed by atoms with van der Waals surface area (Å²) in [6.07, 6.45) is 2.05. The van der Waals surface area contributed by atoms with Crippen molar-refractivity contribution in [2.45, 2.75) is 18.9 Å². The van der Waals surface area contributed by atoms with Gasteiger partial charge in [0, 0.05) is 19.0 Å². The molecule has 86 valence electrons. The fourth-order valence-electron chi connectivity index (χ4n) is 3.00. The normalized spacial score (nSPS) is 33.1. The minimum atomic E-state index is -0.0952. The summed E-state index contributed by atoms with van der Waals surface area (Å²) < 4.78 is 0.877. The van der Waals surface area contributed by atoms with Gasteiger partial charge in [0.25, 0.3) is 0 Å². The third-order valence-corrected chi connectivity index (χ3v) is 4.29. The number of hydrogen-bond acceptors (Lipinski definition) is 3. The van der Waals surface area contributed by atoms with Crippen molar-refractivity contribution in [1.29, 1.82) is 0 Å². The number of rotatable bonds is 1. The van der Waals surface area contributed by atoms with E-state index in [0.29, 0.717) is 11.8 Å². The Kier molecular flexibility index (Phi) is 2.64. The number of fused-ring (bicyclic) bond motifs is 1. The van der Waals surface area contributed by atoms with Crippen molar-refractivity contribution in [3.8, 4) is 0 Å². The summed E-state index contributed by atoms with van der Waals surface area (Å²) in [5.41, 5.74) is 0. The predicted molar refractivity (Wildman–Crippen MR) is 66.4 cm³/mol. The van der Waals surface area contributed by atoms with E-state index in [1.165, 1.54) is 0 Å². The summed E-state index contributed by atoms with van der Waals surface area (Å²) in [5.74, 6) is 2.15.